The zero-order chi connectivity index (χ0) is 15.2. The summed E-state index contributed by atoms with van der Waals surface area (Å²) in [7, 11) is 3.28. The van der Waals surface area contributed by atoms with Crippen LogP contribution in [0, 0.1) is 0 Å². The molecule has 4 nitrogen and oxygen atoms in total. The Morgan fingerprint density at radius 3 is 2.00 bits per heavy atom. The van der Waals surface area contributed by atoms with E-state index in [1.165, 1.54) is 4.90 Å². The van der Waals surface area contributed by atoms with Gasteiger partial charge in [-0.2, -0.15) is 0 Å². The van der Waals surface area contributed by atoms with Crippen molar-refractivity contribution in [3.63, 3.8) is 0 Å². The number of nitrogens with two attached hydrogens (primary N) is 1. The highest BCUT2D eigenvalue weighted by molar-refractivity contribution is 7.98. The molecule has 3 N–H and O–H groups in total. The number of benzene rings is 2. The summed E-state index contributed by atoms with van der Waals surface area (Å²) < 4.78 is 10.9. The first-order valence-corrected chi connectivity index (χ1v) is 7.78. The molecule has 0 amide bonds. The molecule has 5 heteroatoms. The fourth-order valence-electron chi connectivity index (χ4n) is 2.31. The molecule has 2 aromatic carbocycles. The average molecular weight is 304 g/mol. The van der Waals surface area contributed by atoms with Gasteiger partial charge in [-0.3, -0.25) is 5.84 Å². The minimum atomic E-state index is -0.202. The summed E-state index contributed by atoms with van der Waals surface area (Å²) >= 11 is 1.71. The minimum Gasteiger partial charge on any atom is -0.496 e. The summed E-state index contributed by atoms with van der Waals surface area (Å²) in [5.74, 6) is 7.27. The SMILES string of the molecule is COc1cccc(OC)c1C(NN)c1ccc(SC)cc1. The van der Waals surface area contributed by atoms with E-state index >= 15 is 0 Å². The highest BCUT2D eigenvalue weighted by atomic mass is 32.2. The predicted octanol–water partition coefficient (Wildman–Crippen LogP) is 2.98. The van der Waals surface area contributed by atoms with Crippen molar-refractivity contribution >= 4 is 11.8 Å². The molecule has 0 aromatic heterocycles. The Kier molecular flexibility index (Phi) is 5.50. The van der Waals surface area contributed by atoms with Crippen molar-refractivity contribution in [3.8, 4) is 11.5 Å². The van der Waals surface area contributed by atoms with Crippen LogP contribution >= 0.6 is 11.8 Å². The number of thioether (sulfide) groups is 1. The van der Waals surface area contributed by atoms with E-state index in [4.69, 9.17) is 15.3 Å². The Morgan fingerprint density at radius 1 is 1.00 bits per heavy atom. The minimum absolute atomic E-state index is 0.202. The first kappa shape index (κ1) is 15.7. The van der Waals surface area contributed by atoms with Crippen LogP contribution in [0.5, 0.6) is 11.5 Å². The van der Waals surface area contributed by atoms with Crippen molar-refractivity contribution in [2.24, 2.45) is 5.84 Å². The predicted molar refractivity (Wildman–Crippen MR) is 86.9 cm³/mol. The number of hydrogen-bond acceptors (Lipinski definition) is 5. The highest BCUT2D eigenvalue weighted by Gasteiger charge is 2.21. The second kappa shape index (κ2) is 7.36. The second-order valence-electron chi connectivity index (χ2n) is 4.45. The average Bonchev–Trinajstić information content (AvgIpc) is 2.56. The van der Waals surface area contributed by atoms with Gasteiger partial charge in [-0.25, -0.2) is 5.43 Å². The number of hydrogen-bond donors (Lipinski definition) is 2. The topological polar surface area (TPSA) is 56.5 Å². The van der Waals surface area contributed by atoms with Crippen molar-refractivity contribution in [1.29, 1.82) is 0 Å². The molecule has 0 saturated carbocycles. The number of ether oxygens (including phenoxy) is 2. The molecular weight excluding hydrogens is 284 g/mol. The zero-order valence-electron chi connectivity index (χ0n) is 12.4. The Bertz CT molecular complexity index is 565. The highest BCUT2D eigenvalue weighted by Crippen LogP contribution is 2.37. The normalized spacial score (nSPS) is 12.0. The summed E-state index contributed by atoms with van der Waals surface area (Å²) in [4.78, 5) is 1.21. The molecule has 2 aromatic rings. The molecule has 112 valence electrons. The summed E-state index contributed by atoms with van der Waals surface area (Å²) in [6.45, 7) is 0. The smallest absolute Gasteiger partial charge is 0.127 e. The molecule has 0 spiro atoms. The third-order valence-corrected chi connectivity index (χ3v) is 4.11. The maximum atomic E-state index is 5.79. The third kappa shape index (κ3) is 3.32. The molecule has 0 heterocycles. The Hall–Kier alpha value is -1.69. The van der Waals surface area contributed by atoms with E-state index in [1.807, 2.05) is 18.2 Å². The Morgan fingerprint density at radius 2 is 1.57 bits per heavy atom. The fourth-order valence-corrected chi connectivity index (χ4v) is 2.72. The third-order valence-electron chi connectivity index (χ3n) is 3.37. The van der Waals surface area contributed by atoms with Crippen LogP contribution in [0.15, 0.2) is 47.4 Å². The van der Waals surface area contributed by atoms with Crippen molar-refractivity contribution in [2.75, 3.05) is 20.5 Å². The number of methoxy groups -OCH3 is 2. The van der Waals surface area contributed by atoms with Gasteiger partial charge in [0.2, 0.25) is 0 Å². The molecule has 0 aliphatic heterocycles. The van der Waals surface area contributed by atoms with Gasteiger partial charge in [0.25, 0.3) is 0 Å². The van der Waals surface area contributed by atoms with Crippen LogP contribution < -0.4 is 20.7 Å². The number of hydrazine groups is 1. The summed E-state index contributed by atoms with van der Waals surface area (Å²) in [5, 5.41) is 0. The van der Waals surface area contributed by atoms with Gasteiger partial charge >= 0.3 is 0 Å². The van der Waals surface area contributed by atoms with Gasteiger partial charge in [0, 0.05) is 4.90 Å². The molecule has 0 bridgehead atoms. The van der Waals surface area contributed by atoms with E-state index in [-0.39, 0.29) is 6.04 Å². The van der Waals surface area contributed by atoms with Crippen LogP contribution in [0.1, 0.15) is 17.2 Å². The van der Waals surface area contributed by atoms with Crippen molar-refractivity contribution in [3.05, 3.63) is 53.6 Å². The van der Waals surface area contributed by atoms with E-state index in [0.29, 0.717) is 0 Å². The molecule has 0 aliphatic carbocycles. The van der Waals surface area contributed by atoms with Gasteiger partial charge in [0.1, 0.15) is 11.5 Å². The molecule has 0 aliphatic rings. The van der Waals surface area contributed by atoms with Crippen molar-refractivity contribution < 1.29 is 9.47 Å². The second-order valence-corrected chi connectivity index (χ2v) is 5.33. The van der Waals surface area contributed by atoms with E-state index in [1.54, 1.807) is 26.0 Å². The molecule has 0 radical (unpaired) electrons. The Balaban J connectivity index is 2.49. The fraction of sp³-hybridized carbons (Fsp3) is 0.250. The number of nitrogens with one attached hydrogen (secondary N) is 1. The molecule has 1 unspecified atom stereocenters. The van der Waals surface area contributed by atoms with E-state index in [2.05, 4.69) is 35.9 Å². The van der Waals surface area contributed by atoms with Gasteiger partial charge in [0.15, 0.2) is 0 Å². The molecule has 21 heavy (non-hydrogen) atoms. The largest absolute Gasteiger partial charge is 0.496 e. The monoisotopic (exact) mass is 304 g/mol. The lowest BCUT2D eigenvalue weighted by molar-refractivity contribution is 0.377. The van der Waals surface area contributed by atoms with Gasteiger partial charge in [-0.1, -0.05) is 18.2 Å². The van der Waals surface area contributed by atoms with Crippen LogP contribution in [-0.2, 0) is 0 Å². The van der Waals surface area contributed by atoms with E-state index in [9.17, 15) is 0 Å². The van der Waals surface area contributed by atoms with Crippen LogP contribution in [0.3, 0.4) is 0 Å². The van der Waals surface area contributed by atoms with Crippen LogP contribution in [-0.4, -0.2) is 20.5 Å². The Labute approximate surface area is 129 Å². The number of rotatable bonds is 6. The lowest BCUT2D eigenvalue weighted by Gasteiger charge is -2.22. The maximum absolute atomic E-state index is 5.79. The first-order chi connectivity index (χ1) is 10.2. The first-order valence-electron chi connectivity index (χ1n) is 6.56. The summed E-state index contributed by atoms with van der Waals surface area (Å²) in [6, 6.07) is 13.8. The lowest BCUT2D eigenvalue weighted by Crippen LogP contribution is -2.29. The van der Waals surface area contributed by atoms with Crippen LogP contribution in [0.25, 0.3) is 0 Å². The van der Waals surface area contributed by atoms with Crippen LogP contribution in [0.2, 0.25) is 0 Å². The standard InChI is InChI=1S/C16H20N2O2S/c1-19-13-5-4-6-14(20-2)15(13)16(18-17)11-7-9-12(21-3)10-8-11/h4-10,16,18H,17H2,1-3H3. The zero-order valence-corrected chi connectivity index (χ0v) is 13.2. The maximum Gasteiger partial charge on any atom is 0.127 e. The van der Waals surface area contributed by atoms with Crippen molar-refractivity contribution in [2.45, 2.75) is 10.9 Å². The lowest BCUT2D eigenvalue weighted by atomic mass is 9.97. The molecule has 1 atom stereocenters. The molecule has 0 fully saturated rings. The van der Waals surface area contributed by atoms with E-state index in [0.717, 1.165) is 22.6 Å². The van der Waals surface area contributed by atoms with Gasteiger partial charge in [-0.05, 0) is 36.1 Å². The van der Waals surface area contributed by atoms with Crippen molar-refractivity contribution in [1.82, 2.24) is 5.43 Å². The van der Waals surface area contributed by atoms with Gasteiger partial charge < -0.3 is 9.47 Å². The molecular formula is C16H20N2O2S. The molecule has 2 rings (SSSR count). The van der Waals surface area contributed by atoms with Gasteiger partial charge in [0.05, 0.1) is 25.8 Å². The van der Waals surface area contributed by atoms with E-state index < -0.39 is 0 Å². The quantitative estimate of drug-likeness (QED) is 0.488. The summed E-state index contributed by atoms with van der Waals surface area (Å²) in [6.07, 6.45) is 2.05. The molecule has 0 saturated heterocycles. The summed E-state index contributed by atoms with van der Waals surface area (Å²) in [5.41, 5.74) is 4.80. The van der Waals surface area contributed by atoms with Gasteiger partial charge in [-0.15, -0.1) is 11.8 Å². The van der Waals surface area contributed by atoms with Crippen LogP contribution in [0.4, 0.5) is 0 Å².